The van der Waals surface area contributed by atoms with Gasteiger partial charge in [-0.3, -0.25) is 9.59 Å². The van der Waals surface area contributed by atoms with Gasteiger partial charge in [-0.15, -0.1) is 0 Å². The maximum atomic E-state index is 12.2. The largest absolute Gasteiger partial charge is 0.350 e. The molecule has 152 valence electrons. The zero-order chi connectivity index (χ0) is 21.3. The topological polar surface area (TPSA) is 96.0 Å². The molecule has 0 bridgehead atoms. The summed E-state index contributed by atoms with van der Waals surface area (Å²) in [6.07, 6.45) is 1.83. The Bertz CT molecular complexity index is 1130. The number of hydrogen-bond donors (Lipinski definition) is 3. The van der Waals surface area contributed by atoms with Gasteiger partial charge in [0, 0.05) is 39.6 Å². The number of carbonyl (C=O) groups excluding carboxylic acids is 2. The molecule has 1 aromatic heterocycles. The second-order valence-corrected chi connectivity index (χ2v) is 7.75. The molecular weight excluding hydrogens is 402 g/mol. The monoisotopic (exact) mass is 421 g/mol. The fraction of sp³-hybridized carbons (Fsp3) is 0.182. The zero-order valence-electron chi connectivity index (χ0n) is 16.5. The molecule has 0 aliphatic carbocycles. The summed E-state index contributed by atoms with van der Waals surface area (Å²) in [5.74, 6) is 0.130. The molecule has 0 saturated heterocycles. The highest BCUT2D eigenvalue weighted by Gasteiger charge is 2.21. The van der Waals surface area contributed by atoms with Crippen LogP contribution >= 0.6 is 11.6 Å². The molecular formula is C22H20ClN5O2. The molecule has 7 nitrogen and oxygen atoms in total. The number of carbonyl (C=O) groups is 2. The summed E-state index contributed by atoms with van der Waals surface area (Å²) in [6, 6.07) is 12.4. The Balaban J connectivity index is 1.61. The van der Waals surface area contributed by atoms with Crippen molar-refractivity contribution in [3.05, 3.63) is 64.8 Å². The molecule has 0 saturated carbocycles. The van der Waals surface area contributed by atoms with E-state index in [1.54, 1.807) is 42.6 Å². The maximum absolute atomic E-state index is 12.2. The smallest absolute Gasteiger partial charge is 0.251 e. The first-order valence-corrected chi connectivity index (χ1v) is 9.90. The Morgan fingerprint density at radius 2 is 1.93 bits per heavy atom. The number of halogens is 1. The van der Waals surface area contributed by atoms with E-state index < -0.39 is 0 Å². The first-order valence-electron chi connectivity index (χ1n) is 9.52. The van der Waals surface area contributed by atoms with E-state index in [4.69, 9.17) is 11.6 Å². The van der Waals surface area contributed by atoms with Crippen molar-refractivity contribution in [3.8, 4) is 11.3 Å². The summed E-state index contributed by atoms with van der Waals surface area (Å²) in [5, 5.41) is 9.40. The van der Waals surface area contributed by atoms with Gasteiger partial charge in [-0.2, -0.15) is 0 Å². The van der Waals surface area contributed by atoms with Crippen LogP contribution in [0.2, 0.25) is 5.02 Å². The minimum atomic E-state index is -0.142. The number of anilines is 3. The summed E-state index contributed by atoms with van der Waals surface area (Å²) < 4.78 is 0. The predicted octanol–water partition coefficient (Wildman–Crippen LogP) is 4.17. The predicted molar refractivity (Wildman–Crippen MR) is 117 cm³/mol. The highest BCUT2D eigenvalue weighted by atomic mass is 35.5. The molecule has 0 radical (unpaired) electrons. The van der Waals surface area contributed by atoms with E-state index in [9.17, 15) is 9.59 Å². The van der Waals surface area contributed by atoms with Crippen LogP contribution in [-0.2, 0) is 11.2 Å². The van der Waals surface area contributed by atoms with Gasteiger partial charge in [-0.1, -0.05) is 11.6 Å². The Morgan fingerprint density at radius 3 is 2.67 bits per heavy atom. The van der Waals surface area contributed by atoms with Gasteiger partial charge in [0.25, 0.3) is 5.91 Å². The Hall–Kier alpha value is -3.45. The first kappa shape index (κ1) is 19.8. The van der Waals surface area contributed by atoms with Crippen LogP contribution in [0.15, 0.2) is 48.7 Å². The molecule has 4 rings (SSSR count). The van der Waals surface area contributed by atoms with Gasteiger partial charge < -0.3 is 16.0 Å². The van der Waals surface area contributed by atoms with Gasteiger partial charge in [0.05, 0.1) is 17.8 Å². The Labute approximate surface area is 178 Å². The van der Waals surface area contributed by atoms with E-state index in [1.807, 2.05) is 19.9 Å². The molecule has 0 spiro atoms. The van der Waals surface area contributed by atoms with Crippen molar-refractivity contribution in [1.29, 1.82) is 0 Å². The average Bonchev–Trinajstić information content (AvgIpc) is 2.82. The van der Waals surface area contributed by atoms with Gasteiger partial charge in [-0.25, -0.2) is 9.97 Å². The third kappa shape index (κ3) is 4.26. The van der Waals surface area contributed by atoms with E-state index in [-0.39, 0.29) is 24.3 Å². The van der Waals surface area contributed by atoms with E-state index in [1.165, 1.54) is 0 Å². The van der Waals surface area contributed by atoms with E-state index in [2.05, 4.69) is 25.9 Å². The van der Waals surface area contributed by atoms with Crippen molar-refractivity contribution in [3.63, 3.8) is 0 Å². The molecule has 0 atom stereocenters. The van der Waals surface area contributed by atoms with Crippen LogP contribution < -0.4 is 16.0 Å². The summed E-state index contributed by atoms with van der Waals surface area (Å²) in [7, 11) is 0. The van der Waals surface area contributed by atoms with E-state index >= 15 is 0 Å². The maximum Gasteiger partial charge on any atom is 0.251 e. The number of fused-ring (bicyclic) bond motifs is 3. The highest BCUT2D eigenvalue weighted by molar-refractivity contribution is 6.31. The van der Waals surface area contributed by atoms with Crippen LogP contribution in [0.3, 0.4) is 0 Å². The second-order valence-electron chi connectivity index (χ2n) is 7.31. The number of hydrogen-bond acceptors (Lipinski definition) is 5. The van der Waals surface area contributed by atoms with Gasteiger partial charge in [0.2, 0.25) is 11.9 Å². The fourth-order valence-electron chi connectivity index (χ4n) is 3.20. The van der Waals surface area contributed by atoms with Crippen molar-refractivity contribution in [2.45, 2.75) is 26.3 Å². The quantitative estimate of drug-likeness (QED) is 0.587. The first-order chi connectivity index (χ1) is 14.4. The van der Waals surface area contributed by atoms with E-state index in [0.29, 0.717) is 27.9 Å². The molecule has 3 aromatic rings. The number of rotatable bonds is 4. The Morgan fingerprint density at radius 1 is 1.17 bits per heavy atom. The molecule has 2 aromatic carbocycles. The van der Waals surface area contributed by atoms with Crippen LogP contribution in [0.1, 0.15) is 29.8 Å². The Kier molecular flexibility index (Phi) is 5.37. The molecule has 3 N–H and O–H groups in total. The summed E-state index contributed by atoms with van der Waals surface area (Å²) >= 11 is 6.08. The van der Waals surface area contributed by atoms with Gasteiger partial charge in [0.15, 0.2) is 0 Å². The summed E-state index contributed by atoms with van der Waals surface area (Å²) in [5.41, 5.74) is 4.13. The minimum absolute atomic E-state index is 0.0717. The normalized spacial score (nSPS) is 12.5. The average molecular weight is 422 g/mol. The van der Waals surface area contributed by atoms with Crippen molar-refractivity contribution in [1.82, 2.24) is 15.3 Å². The number of nitrogens with one attached hydrogen (secondary N) is 3. The fourth-order valence-corrected chi connectivity index (χ4v) is 3.37. The summed E-state index contributed by atoms with van der Waals surface area (Å²) in [4.78, 5) is 33.3. The van der Waals surface area contributed by atoms with E-state index in [0.717, 1.165) is 16.8 Å². The number of benzene rings is 2. The lowest BCUT2D eigenvalue weighted by Gasteiger charge is -2.11. The highest BCUT2D eigenvalue weighted by Crippen LogP contribution is 2.34. The third-order valence-corrected chi connectivity index (χ3v) is 4.78. The summed E-state index contributed by atoms with van der Waals surface area (Å²) in [6.45, 7) is 3.83. The zero-order valence-corrected chi connectivity index (χ0v) is 17.2. The minimum Gasteiger partial charge on any atom is -0.350 e. The third-order valence-electron chi connectivity index (χ3n) is 4.55. The van der Waals surface area contributed by atoms with Gasteiger partial charge in [-0.05, 0) is 56.3 Å². The van der Waals surface area contributed by atoms with Crippen LogP contribution in [0.25, 0.3) is 11.3 Å². The molecule has 1 aliphatic rings. The molecule has 2 heterocycles. The van der Waals surface area contributed by atoms with Gasteiger partial charge in [0.1, 0.15) is 0 Å². The standard InChI is InChI=1S/C22H20ClN5O2/c1-12(2)25-21(30)13-3-6-16(7-4-13)26-22-24-11-14-9-19(29)27-18-10-15(23)5-8-17(18)20(14)28-22/h3-8,10-12H,9H2,1-2H3,(H,25,30)(H,27,29)(H,24,26,28). The van der Waals surface area contributed by atoms with Crippen molar-refractivity contribution in [2.24, 2.45) is 0 Å². The van der Waals surface area contributed by atoms with Gasteiger partial charge >= 0.3 is 0 Å². The number of amides is 2. The van der Waals surface area contributed by atoms with Crippen molar-refractivity contribution < 1.29 is 9.59 Å². The van der Waals surface area contributed by atoms with Crippen LogP contribution in [-0.4, -0.2) is 27.8 Å². The van der Waals surface area contributed by atoms with Crippen molar-refractivity contribution >= 4 is 40.7 Å². The number of aromatic nitrogens is 2. The lowest BCUT2D eigenvalue weighted by Crippen LogP contribution is -2.29. The molecule has 8 heteroatoms. The molecule has 30 heavy (non-hydrogen) atoms. The SMILES string of the molecule is CC(C)NC(=O)c1ccc(Nc2ncc3c(n2)-c2ccc(Cl)cc2NC(=O)C3)cc1. The lowest BCUT2D eigenvalue weighted by molar-refractivity contribution is -0.115. The van der Waals surface area contributed by atoms with Crippen LogP contribution in [0.4, 0.5) is 17.3 Å². The second kappa shape index (κ2) is 8.12. The molecule has 0 unspecified atom stereocenters. The van der Waals surface area contributed by atoms with Crippen LogP contribution in [0, 0.1) is 0 Å². The molecule has 2 amide bonds. The molecule has 1 aliphatic heterocycles. The van der Waals surface area contributed by atoms with Crippen molar-refractivity contribution in [2.75, 3.05) is 10.6 Å². The van der Waals surface area contributed by atoms with Crippen LogP contribution in [0.5, 0.6) is 0 Å². The molecule has 0 fully saturated rings. The lowest BCUT2D eigenvalue weighted by atomic mass is 10.1. The number of nitrogens with zero attached hydrogens (tertiary/aromatic N) is 2.